The zero-order valence-corrected chi connectivity index (χ0v) is 21.5. The van der Waals surface area contributed by atoms with Crippen molar-refractivity contribution in [1.29, 1.82) is 5.26 Å². The maximum atomic E-state index is 8.93. The topological polar surface area (TPSA) is 23.8 Å². The summed E-state index contributed by atoms with van der Waals surface area (Å²) in [6.45, 7) is 2.31. The van der Waals surface area contributed by atoms with Crippen LogP contribution in [0.1, 0.15) is 134 Å². The van der Waals surface area contributed by atoms with Gasteiger partial charge in [0.1, 0.15) is 0 Å². The van der Waals surface area contributed by atoms with Crippen LogP contribution in [-0.4, -0.2) is 0 Å². The standard InChI is InChI=1S/C32H49N/c1-2-3-4-5-6-7-8-9-27-10-12-28(13-11-27)14-15-29-16-18-30(19-17-29)20-21-31-22-24-32(26-33)25-23-31/h18,22-25,27-29H,2-17,19-21H2,1H3/t27-,28-,29?. The molecular formula is C32H49N. The van der Waals surface area contributed by atoms with Gasteiger partial charge in [-0.3, -0.25) is 0 Å². The quantitative estimate of drug-likeness (QED) is 0.205. The molecule has 1 aromatic rings. The van der Waals surface area contributed by atoms with Crippen LogP contribution in [0.3, 0.4) is 0 Å². The molecule has 1 saturated carbocycles. The molecule has 0 bridgehead atoms. The van der Waals surface area contributed by atoms with E-state index in [1.807, 2.05) is 12.1 Å². The summed E-state index contributed by atoms with van der Waals surface area (Å²) in [4.78, 5) is 0. The molecule has 0 spiro atoms. The highest BCUT2D eigenvalue weighted by atomic mass is 14.3. The second kappa shape index (κ2) is 15.4. The lowest BCUT2D eigenvalue weighted by molar-refractivity contribution is 0.234. The van der Waals surface area contributed by atoms with Gasteiger partial charge in [0.05, 0.1) is 11.6 Å². The molecule has 3 rings (SSSR count). The summed E-state index contributed by atoms with van der Waals surface area (Å²) in [7, 11) is 0. The van der Waals surface area contributed by atoms with Gasteiger partial charge in [0, 0.05) is 0 Å². The maximum Gasteiger partial charge on any atom is 0.0991 e. The molecule has 0 aromatic heterocycles. The predicted molar refractivity (Wildman–Crippen MR) is 142 cm³/mol. The zero-order valence-electron chi connectivity index (χ0n) is 21.5. The summed E-state index contributed by atoms with van der Waals surface area (Å²) in [5.41, 5.74) is 3.79. The van der Waals surface area contributed by atoms with Crippen molar-refractivity contribution in [2.75, 3.05) is 0 Å². The molecule has 0 amide bonds. The molecule has 0 radical (unpaired) electrons. The normalized spacial score (nSPS) is 23.2. The van der Waals surface area contributed by atoms with E-state index in [1.165, 1.54) is 121 Å². The first-order chi connectivity index (χ1) is 16.3. The Balaban J connectivity index is 1.22. The van der Waals surface area contributed by atoms with Crippen LogP contribution in [0.15, 0.2) is 35.9 Å². The first-order valence-corrected chi connectivity index (χ1v) is 14.4. The Kier molecular flexibility index (Phi) is 12.1. The molecular weight excluding hydrogens is 398 g/mol. The van der Waals surface area contributed by atoms with Crippen molar-refractivity contribution in [1.82, 2.24) is 0 Å². The Morgan fingerprint density at radius 2 is 1.36 bits per heavy atom. The van der Waals surface area contributed by atoms with Crippen LogP contribution in [0, 0.1) is 29.1 Å². The van der Waals surface area contributed by atoms with E-state index in [4.69, 9.17) is 5.26 Å². The van der Waals surface area contributed by atoms with Gasteiger partial charge in [0.2, 0.25) is 0 Å². The predicted octanol–water partition coefficient (Wildman–Crippen LogP) is 9.94. The summed E-state index contributed by atoms with van der Waals surface area (Å²) < 4.78 is 0. The molecule has 182 valence electrons. The number of unbranched alkanes of at least 4 members (excludes halogenated alkanes) is 6. The number of hydrogen-bond acceptors (Lipinski definition) is 1. The summed E-state index contributed by atoms with van der Waals surface area (Å²) in [6.07, 6.45) is 29.6. The number of benzene rings is 1. The van der Waals surface area contributed by atoms with Gasteiger partial charge < -0.3 is 0 Å². The lowest BCUT2D eigenvalue weighted by atomic mass is 9.76. The smallest absolute Gasteiger partial charge is 0.0991 e. The van der Waals surface area contributed by atoms with Gasteiger partial charge in [-0.1, -0.05) is 114 Å². The molecule has 0 aliphatic heterocycles. The zero-order chi connectivity index (χ0) is 23.1. The molecule has 1 atom stereocenters. The molecule has 33 heavy (non-hydrogen) atoms. The van der Waals surface area contributed by atoms with E-state index in [1.54, 1.807) is 5.57 Å². The third-order valence-corrected chi connectivity index (χ3v) is 8.60. The highest BCUT2D eigenvalue weighted by Gasteiger charge is 2.22. The third-order valence-electron chi connectivity index (χ3n) is 8.60. The van der Waals surface area contributed by atoms with Crippen molar-refractivity contribution in [3.05, 3.63) is 47.0 Å². The lowest BCUT2D eigenvalue weighted by Gasteiger charge is -2.30. The van der Waals surface area contributed by atoms with Gasteiger partial charge in [0.15, 0.2) is 0 Å². The van der Waals surface area contributed by atoms with E-state index in [9.17, 15) is 0 Å². The van der Waals surface area contributed by atoms with Crippen LogP contribution in [0.25, 0.3) is 0 Å². The van der Waals surface area contributed by atoms with Crippen molar-refractivity contribution >= 4 is 0 Å². The van der Waals surface area contributed by atoms with Crippen LogP contribution < -0.4 is 0 Å². The highest BCUT2D eigenvalue weighted by Crippen LogP contribution is 2.37. The van der Waals surface area contributed by atoms with E-state index in [2.05, 4.69) is 31.2 Å². The van der Waals surface area contributed by atoms with Gasteiger partial charge in [-0.2, -0.15) is 5.26 Å². The first-order valence-electron chi connectivity index (χ1n) is 14.4. The highest BCUT2D eigenvalue weighted by molar-refractivity contribution is 5.32. The van der Waals surface area contributed by atoms with Crippen molar-refractivity contribution in [2.45, 2.75) is 129 Å². The number of hydrogen-bond donors (Lipinski definition) is 0. The van der Waals surface area contributed by atoms with Gasteiger partial charge >= 0.3 is 0 Å². The first kappa shape index (κ1) is 26.1. The van der Waals surface area contributed by atoms with E-state index in [0.29, 0.717) is 0 Å². The fourth-order valence-corrected chi connectivity index (χ4v) is 6.15. The van der Waals surface area contributed by atoms with Crippen molar-refractivity contribution in [2.24, 2.45) is 17.8 Å². The van der Waals surface area contributed by atoms with Gasteiger partial charge in [-0.05, 0) is 74.0 Å². The summed E-state index contributed by atoms with van der Waals surface area (Å²) in [5.74, 6) is 3.01. The fraction of sp³-hybridized carbons (Fsp3) is 0.719. The minimum absolute atomic E-state index is 0.764. The van der Waals surface area contributed by atoms with Crippen molar-refractivity contribution in [3.8, 4) is 6.07 Å². The van der Waals surface area contributed by atoms with E-state index in [0.717, 1.165) is 29.7 Å². The molecule has 2 aliphatic rings. The average Bonchev–Trinajstić information content (AvgIpc) is 2.87. The van der Waals surface area contributed by atoms with E-state index < -0.39 is 0 Å². The number of rotatable bonds is 14. The van der Waals surface area contributed by atoms with Gasteiger partial charge in [-0.15, -0.1) is 0 Å². The molecule has 1 aromatic carbocycles. The molecule has 1 nitrogen and oxygen atoms in total. The SMILES string of the molecule is CCCCCCCCC[C@H]1CC[C@H](CCC2CC=C(CCc3ccc(C#N)cc3)CC2)CC1. The van der Waals surface area contributed by atoms with Crippen LogP contribution in [0.2, 0.25) is 0 Å². The number of nitriles is 1. The van der Waals surface area contributed by atoms with Gasteiger partial charge in [-0.25, -0.2) is 0 Å². The summed E-state index contributed by atoms with van der Waals surface area (Å²) in [5, 5.41) is 8.93. The Hall–Kier alpha value is -1.55. The maximum absolute atomic E-state index is 8.93. The second-order valence-electron chi connectivity index (χ2n) is 11.2. The summed E-state index contributed by atoms with van der Waals surface area (Å²) >= 11 is 0. The van der Waals surface area contributed by atoms with Gasteiger partial charge in [0.25, 0.3) is 0 Å². The molecule has 1 heteroatoms. The van der Waals surface area contributed by atoms with Crippen LogP contribution >= 0.6 is 0 Å². The van der Waals surface area contributed by atoms with Crippen LogP contribution in [-0.2, 0) is 6.42 Å². The monoisotopic (exact) mass is 447 g/mol. The lowest BCUT2D eigenvalue weighted by Crippen LogP contribution is -2.16. The molecule has 0 heterocycles. The fourth-order valence-electron chi connectivity index (χ4n) is 6.15. The molecule has 1 unspecified atom stereocenters. The van der Waals surface area contributed by atoms with E-state index in [-0.39, 0.29) is 0 Å². The van der Waals surface area contributed by atoms with Crippen LogP contribution in [0.4, 0.5) is 0 Å². The Morgan fingerprint density at radius 3 is 2.00 bits per heavy atom. The summed E-state index contributed by atoms with van der Waals surface area (Å²) in [6, 6.07) is 10.3. The molecule has 0 saturated heterocycles. The molecule has 2 aliphatic carbocycles. The number of aryl methyl sites for hydroxylation is 1. The largest absolute Gasteiger partial charge is 0.192 e. The molecule has 0 N–H and O–H groups in total. The Morgan fingerprint density at radius 1 is 0.727 bits per heavy atom. The molecule has 1 fully saturated rings. The minimum atomic E-state index is 0.764. The number of allylic oxidation sites excluding steroid dienone is 2. The van der Waals surface area contributed by atoms with E-state index >= 15 is 0 Å². The number of nitrogens with zero attached hydrogens (tertiary/aromatic N) is 1. The Labute approximate surface area is 205 Å². The van der Waals surface area contributed by atoms with Crippen molar-refractivity contribution < 1.29 is 0 Å². The second-order valence-corrected chi connectivity index (χ2v) is 11.2. The Bertz CT molecular complexity index is 714. The van der Waals surface area contributed by atoms with Crippen LogP contribution in [0.5, 0.6) is 0 Å². The van der Waals surface area contributed by atoms with Crippen molar-refractivity contribution in [3.63, 3.8) is 0 Å². The minimum Gasteiger partial charge on any atom is -0.192 e. The third kappa shape index (κ3) is 10.1. The average molecular weight is 448 g/mol.